The Morgan fingerprint density at radius 3 is 2.63 bits per heavy atom. The van der Waals surface area contributed by atoms with E-state index in [9.17, 15) is 9.59 Å². The molecule has 2 aromatic rings. The third-order valence-electron chi connectivity index (χ3n) is 3.58. The fourth-order valence-corrected chi connectivity index (χ4v) is 3.79. The zero-order valence-electron chi connectivity index (χ0n) is 15.8. The number of benzene rings is 1. The van der Waals surface area contributed by atoms with E-state index in [2.05, 4.69) is 22.2 Å². The Morgan fingerprint density at radius 1 is 1.26 bits per heavy atom. The maximum absolute atomic E-state index is 12.6. The van der Waals surface area contributed by atoms with Crippen LogP contribution in [0.1, 0.15) is 32.9 Å². The van der Waals surface area contributed by atoms with Crippen molar-refractivity contribution < 1.29 is 9.53 Å². The second kappa shape index (κ2) is 11.0. The van der Waals surface area contributed by atoms with Gasteiger partial charge in [-0.15, -0.1) is 0 Å². The van der Waals surface area contributed by atoms with E-state index in [-0.39, 0.29) is 16.7 Å². The lowest BCUT2D eigenvalue weighted by atomic mass is 10.2. The molecule has 0 aliphatic carbocycles. The molecule has 8 heteroatoms. The van der Waals surface area contributed by atoms with Gasteiger partial charge in [0.05, 0.1) is 17.6 Å². The molecule has 2 rings (SSSR count). The van der Waals surface area contributed by atoms with Crippen LogP contribution in [-0.2, 0) is 10.5 Å². The standard InChI is InChI=1S/C19H25N3O3S2/c1-4-16(18(24)20-13-7-9-15(10-8-13)25-5-2)27-19-21-14(12-26-6-3)11-17(23)22-19/h7-11,16H,4-6,12H2,1-3H3,(H,20,24)(H,21,22,23). The molecule has 146 valence electrons. The summed E-state index contributed by atoms with van der Waals surface area (Å²) in [7, 11) is 0. The van der Waals surface area contributed by atoms with Gasteiger partial charge in [0.15, 0.2) is 5.16 Å². The maximum Gasteiger partial charge on any atom is 0.251 e. The summed E-state index contributed by atoms with van der Waals surface area (Å²) in [5.74, 6) is 2.28. The molecule has 0 saturated heterocycles. The minimum atomic E-state index is -0.353. The molecule has 0 spiro atoms. The van der Waals surface area contributed by atoms with Crippen molar-refractivity contribution >= 4 is 35.1 Å². The summed E-state index contributed by atoms with van der Waals surface area (Å²) < 4.78 is 5.40. The van der Waals surface area contributed by atoms with Crippen LogP contribution in [0.25, 0.3) is 0 Å². The van der Waals surface area contributed by atoms with Crippen LogP contribution in [0, 0.1) is 0 Å². The van der Waals surface area contributed by atoms with Gasteiger partial charge in [-0.1, -0.05) is 25.6 Å². The number of nitrogens with zero attached hydrogens (tertiary/aromatic N) is 1. The lowest BCUT2D eigenvalue weighted by molar-refractivity contribution is -0.115. The topological polar surface area (TPSA) is 84.1 Å². The van der Waals surface area contributed by atoms with Crippen molar-refractivity contribution in [3.05, 3.63) is 46.4 Å². The molecule has 1 aromatic heterocycles. The Kier molecular flexibility index (Phi) is 8.74. The Hall–Kier alpha value is -1.93. The number of anilines is 1. The predicted octanol–water partition coefficient (Wildman–Crippen LogP) is 3.93. The van der Waals surface area contributed by atoms with Crippen molar-refractivity contribution in [1.29, 1.82) is 0 Å². The molecule has 2 N–H and O–H groups in total. The molecule has 1 unspecified atom stereocenters. The van der Waals surface area contributed by atoms with Gasteiger partial charge in [-0.25, -0.2) is 4.98 Å². The number of carbonyl (C=O) groups is 1. The average Bonchev–Trinajstić information content (AvgIpc) is 2.65. The second-order valence-corrected chi connectivity index (χ2v) is 8.11. The van der Waals surface area contributed by atoms with Crippen molar-refractivity contribution in [2.24, 2.45) is 0 Å². The van der Waals surface area contributed by atoms with Crippen LogP contribution in [0.5, 0.6) is 5.75 Å². The zero-order valence-corrected chi connectivity index (χ0v) is 17.4. The number of hydrogen-bond donors (Lipinski definition) is 2. The van der Waals surface area contributed by atoms with Crippen LogP contribution < -0.4 is 15.6 Å². The lowest BCUT2D eigenvalue weighted by Gasteiger charge is -2.14. The zero-order chi connectivity index (χ0) is 19.6. The average molecular weight is 408 g/mol. The molecular formula is C19H25N3O3S2. The van der Waals surface area contributed by atoms with Gasteiger partial charge < -0.3 is 15.0 Å². The van der Waals surface area contributed by atoms with Crippen LogP contribution in [0.2, 0.25) is 0 Å². The quantitative estimate of drug-likeness (QED) is 0.459. The van der Waals surface area contributed by atoms with E-state index in [0.717, 1.165) is 17.2 Å². The third kappa shape index (κ3) is 6.95. The SMILES string of the molecule is CCOc1ccc(NC(=O)C(CC)Sc2nc(CSCC)cc(=O)[nH]2)cc1. The Labute approximate surface area is 167 Å². The predicted molar refractivity (Wildman–Crippen MR) is 113 cm³/mol. The van der Waals surface area contributed by atoms with Gasteiger partial charge in [0.2, 0.25) is 5.91 Å². The summed E-state index contributed by atoms with van der Waals surface area (Å²) >= 11 is 2.98. The molecule has 0 radical (unpaired) electrons. The van der Waals surface area contributed by atoms with E-state index in [1.54, 1.807) is 11.8 Å². The minimum Gasteiger partial charge on any atom is -0.494 e. The number of thioether (sulfide) groups is 2. The Balaban J connectivity index is 2.04. The molecule has 1 heterocycles. The third-order valence-corrected chi connectivity index (χ3v) is 5.73. The Morgan fingerprint density at radius 2 is 2.00 bits per heavy atom. The molecule has 0 bridgehead atoms. The molecule has 27 heavy (non-hydrogen) atoms. The van der Waals surface area contributed by atoms with Gasteiger partial charge in [0.25, 0.3) is 5.56 Å². The highest BCUT2D eigenvalue weighted by Crippen LogP contribution is 2.24. The fraction of sp³-hybridized carbons (Fsp3) is 0.421. The smallest absolute Gasteiger partial charge is 0.251 e. The van der Waals surface area contributed by atoms with Crippen molar-refractivity contribution in [1.82, 2.24) is 9.97 Å². The number of ether oxygens (including phenoxy) is 1. The summed E-state index contributed by atoms with van der Waals surface area (Å²) in [6, 6.07) is 8.77. The normalized spacial score (nSPS) is 11.8. The number of rotatable bonds is 10. The van der Waals surface area contributed by atoms with E-state index < -0.39 is 0 Å². The fourth-order valence-electron chi connectivity index (χ4n) is 2.30. The molecular weight excluding hydrogens is 382 g/mol. The van der Waals surface area contributed by atoms with E-state index >= 15 is 0 Å². The highest BCUT2D eigenvalue weighted by Gasteiger charge is 2.20. The van der Waals surface area contributed by atoms with E-state index in [4.69, 9.17) is 4.74 Å². The largest absolute Gasteiger partial charge is 0.494 e. The number of aromatic amines is 1. The summed E-state index contributed by atoms with van der Waals surface area (Å²) in [4.78, 5) is 31.7. The summed E-state index contributed by atoms with van der Waals surface area (Å²) in [5, 5.41) is 3.03. The maximum atomic E-state index is 12.6. The van der Waals surface area contributed by atoms with Gasteiger partial charge in [-0.05, 0) is 43.4 Å². The second-order valence-electron chi connectivity index (χ2n) is 5.64. The van der Waals surface area contributed by atoms with E-state index in [1.807, 2.05) is 38.1 Å². The molecule has 0 aliphatic heterocycles. The van der Waals surface area contributed by atoms with Gasteiger partial charge in [0, 0.05) is 17.5 Å². The number of hydrogen-bond acceptors (Lipinski definition) is 6. The summed E-state index contributed by atoms with van der Waals surface area (Å²) in [6.07, 6.45) is 0.616. The van der Waals surface area contributed by atoms with Crippen LogP contribution >= 0.6 is 23.5 Å². The molecule has 1 aromatic carbocycles. The van der Waals surface area contributed by atoms with E-state index in [0.29, 0.717) is 29.6 Å². The first-order valence-corrected chi connectivity index (χ1v) is 11.0. The number of H-pyrrole nitrogens is 1. The monoisotopic (exact) mass is 407 g/mol. The van der Waals surface area contributed by atoms with Crippen molar-refractivity contribution in [2.75, 3.05) is 17.7 Å². The van der Waals surface area contributed by atoms with Crippen molar-refractivity contribution in [3.63, 3.8) is 0 Å². The number of amides is 1. The van der Waals surface area contributed by atoms with Gasteiger partial charge in [-0.3, -0.25) is 9.59 Å². The number of carbonyl (C=O) groups excluding carboxylic acids is 1. The molecule has 6 nitrogen and oxygen atoms in total. The van der Waals surface area contributed by atoms with Crippen molar-refractivity contribution in [2.45, 2.75) is 43.4 Å². The number of nitrogens with one attached hydrogen (secondary N) is 2. The van der Waals surface area contributed by atoms with E-state index in [1.165, 1.54) is 17.8 Å². The summed E-state index contributed by atoms with van der Waals surface area (Å²) in [5.41, 5.74) is 1.24. The van der Waals surface area contributed by atoms with Gasteiger partial charge in [-0.2, -0.15) is 11.8 Å². The first-order valence-electron chi connectivity index (χ1n) is 8.94. The summed E-state index contributed by atoms with van der Waals surface area (Å²) in [6.45, 7) is 6.52. The van der Waals surface area contributed by atoms with Crippen LogP contribution in [-0.4, -0.2) is 33.5 Å². The van der Waals surface area contributed by atoms with Crippen LogP contribution in [0.3, 0.4) is 0 Å². The van der Waals surface area contributed by atoms with Crippen molar-refractivity contribution in [3.8, 4) is 5.75 Å². The van der Waals surface area contributed by atoms with Crippen LogP contribution in [0.4, 0.5) is 5.69 Å². The van der Waals surface area contributed by atoms with Gasteiger partial charge in [0.1, 0.15) is 5.75 Å². The minimum absolute atomic E-state index is 0.123. The van der Waals surface area contributed by atoms with Crippen LogP contribution in [0.15, 0.2) is 40.3 Å². The first-order chi connectivity index (χ1) is 13.0. The molecule has 1 amide bonds. The number of aromatic nitrogens is 2. The highest BCUT2D eigenvalue weighted by atomic mass is 32.2. The molecule has 1 atom stereocenters. The van der Waals surface area contributed by atoms with Gasteiger partial charge >= 0.3 is 0 Å². The Bertz CT molecular complexity index is 794. The first kappa shape index (κ1) is 21.4. The molecule has 0 saturated carbocycles. The molecule has 0 fully saturated rings. The lowest BCUT2D eigenvalue weighted by Crippen LogP contribution is -2.25. The molecule has 0 aliphatic rings. The highest BCUT2D eigenvalue weighted by molar-refractivity contribution is 8.00.